The second-order valence-electron chi connectivity index (χ2n) is 5.67. The van der Waals surface area contributed by atoms with Gasteiger partial charge in [-0.3, -0.25) is 14.5 Å². The summed E-state index contributed by atoms with van der Waals surface area (Å²) in [6, 6.07) is 6.94. The summed E-state index contributed by atoms with van der Waals surface area (Å²) in [7, 11) is 1.78. The molecular formula is C16H22ClN3O2. The molecule has 5 nitrogen and oxygen atoms in total. The number of halogens is 1. The first-order valence-electron chi connectivity index (χ1n) is 7.56. The summed E-state index contributed by atoms with van der Waals surface area (Å²) in [5, 5.41) is 3.42. The SMILES string of the molecule is CN(CC(=O)Nc1ccc(Cl)cc1)CC(=O)N1CCCCC1. The zero-order chi connectivity index (χ0) is 15.9. The molecule has 1 saturated heterocycles. The molecule has 0 aliphatic carbocycles. The molecule has 1 aliphatic rings. The summed E-state index contributed by atoms with van der Waals surface area (Å²) in [6.45, 7) is 2.13. The quantitative estimate of drug-likeness (QED) is 0.904. The fraction of sp³-hybridized carbons (Fsp3) is 0.500. The van der Waals surface area contributed by atoms with Crippen LogP contribution in [0.5, 0.6) is 0 Å². The van der Waals surface area contributed by atoms with Gasteiger partial charge in [0.25, 0.3) is 0 Å². The lowest BCUT2D eigenvalue weighted by atomic mass is 10.1. The highest BCUT2D eigenvalue weighted by molar-refractivity contribution is 6.30. The molecule has 1 aromatic rings. The van der Waals surface area contributed by atoms with Gasteiger partial charge in [-0.2, -0.15) is 0 Å². The fourth-order valence-corrected chi connectivity index (χ4v) is 2.63. The fourth-order valence-electron chi connectivity index (χ4n) is 2.51. The molecule has 120 valence electrons. The molecule has 0 atom stereocenters. The third-order valence-corrected chi connectivity index (χ3v) is 3.91. The number of carbonyl (C=O) groups excluding carboxylic acids is 2. The van der Waals surface area contributed by atoms with Gasteiger partial charge in [0.05, 0.1) is 13.1 Å². The third-order valence-electron chi connectivity index (χ3n) is 3.66. The zero-order valence-corrected chi connectivity index (χ0v) is 13.6. The molecule has 0 aromatic heterocycles. The van der Waals surface area contributed by atoms with E-state index < -0.39 is 0 Å². The Bertz CT molecular complexity index is 513. The van der Waals surface area contributed by atoms with Crippen LogP contribution in [-0.4, -0.2) is 54.8 Å². The van der Waals surface area contributed by atoms with Crippen LogP contribution >= 0.6 is 11.6 Å². The van der Waals surface area contributed by atoms with Crippen molar-refractivity contribution in [2.75, 3.05) is 38.5 Å². The van der Waals surface area contributed by atoms with Crippen LogP contribution in [0.3, 0.4) is 0 Å². The van der Waals surface area contributed by atoms with Crippen LogP contribution in [0.25, 0.3) is 0 Å². The van der Waals surface area contributed by atoms with E-state index in [-0.39, 0.29) is 24.9 Å². The zero-order valence-electron chi connectivity index (χ0n) is 12.8. The van der Waals surface area contributed by atoms with Crippen molar-refractivity contribution in [3.63, 3.8) is 0 Å². The number of amides is 2. The lowest BCUT2D eigenvalue weighted by Gasteiger charge is -2.28. The number of rotatable bonds is 5. The van der Waals surface area contributed by atoms with Gasteiger partial charge in [-0.25, -0.2) is 0 Å². The molecule has 1 N–H and O–H groups in total. The molecule has 0 unspecified atom stereocenters. The smallest absolute Gasteiger partial charge is 0.238 e. The molecule has 22 heavy (non-hydrogen) atoms. The summed E-state index contributed by atoms with van der Waals surface area (Å²) >= 11 is 5.80. The Morgan fingerprint density at radius 2 is 1.77 bits per heavy atom. The number of likely N-dealkylation sites (tertiary alicyclic amines) is 1. The normalized spacial score (nSPS) is 15.0. The minimum atomic E-state index is -0.142. The van der Waals surface area contributed by atoms with E-state index >= 15 is 0 Å². The maximum absolute atomic E-state index is 12.1. The van der Waals surface area contributed by atoms with Crippen LogP contribution in [0, 0.1) is 0 Å². The first kappa shape index (κ1) is 16.8. The predicted octanol–water partition coefficient (Wildman–Crippen LogP) is 2.22. The Morgan fingerprint density at radius 3 is 2.41 bits per heavy atom. The molecule has 6 heteroatoms. The minimum absolute atomic E-state index is 0.0986. The lowest BCUT2D eigenvalue weighted by Crippen LogP contribution is -2.43. The Hall–Kier alpha value is -1.59. The van der Waals surface area contributed by atoms with Crippen LogP contribution in [0.4, 0.5) is 5.69 Å². The number of anilines is 1. The van der Waals surface area contributed by atoms with Crippen molar-refractivity contribution < 1.29 is 9.59 Å². The number of carbonyl (C=O) groups is 2. The Labute approximate surface area is 136 Å². The van der Waals surface area contributed by atoms with Crippen molar-refractivity contribution in [3.8, 4) is 0 Å². The van der Waals surface area contributed by atoms with Crippen molar-refractivity contribution in [2.45, 2.75) is 19.3 Å². The second-order valence-corrected chi connectivity index (χ2v) is 6.11. The number of piperidine rings is 1. The second kappa shape index (κ2) is 8.15. The van der Waals surface area contributed by atoms with Gasteiger partial charge in [-0.15, -0.1) is 0 Å². The molecule has 2 amide bonds. The highest BCUT2D eigenvalue weighted by atomic mass is 35.5. The van der Waals surface area contributed by atoms with Crippen LogP contribution in [0.2, 0.25) is 5.02 Å². The summed E-state index contributed by atoms with van der Waals surface area (Å²) in [5.41, 5.74) is 0.699. The summed E-state index contributed by atoms with van der Waals surface area (Å²) in [6.07, 6.45) is 3.35. The average molecular weight is 324 g/mol. The molecule has 1 fully saturated rings. The molecule has 0 saturated carbocycles. The van der Waals surface area contributed by atoms with Gasteiger partial charge in [0, 0.05) is 23.8 Å². The third kappa shape index (κ3) is 5.31. The molecule has 0 spiro atoms. The molecule has 1 aromatic carbocycles. The molecule has 1 heterocycles. The molecule has 0 bridgehead atoms. The topological polar surface area (TPSA) is 52.7 Å². The predicted molar refractivity (Wildman–Crippen MR) is 88.0 cm³/mol. The molecule has 2 rings (SSSR count). The Morgan fingerprint density at radius 1 is 1.14 bits per heavy atom. The summed E-state index contributed by atoms with van der Waals surface area (Å²) in [4.78, 5) is 27.7. The molecule has 0 radical (unpaired) electrons. The van der Waals surface area contributed by atoms with E-state index in [1.54, 1.807) is 36.2 Å². The van der Waals surface area contributed by atoms with Gasteiger partial charge in [0.15, 0.2) is 0 Å². The maximum atomic E-state index is 12.1. The number of benzene rings is 1. The van der Waals surface area contributed by atoms with Gasteiger partial charge < -0.3 is 10.2 Å². The van der Waals surface area contributed by atoms with Crippen LogP contribution in [0.1, 0.15) is 19.3 Å². The van der Waals surface area contributed by atoms with Gasteiger partial charge in [0.2, 0.25) is 11.8 Å². The standard InChI is InChI=1S/C16H22ClN3O2/c1-19(12-16(22)20-9-3-2-4-10-20)11-15(21)18-14-7-5-13(17)6-8-14/h5-8H,2-4,9-12H2,1H3,(H,18,21). The van der Waals surface area contributed by atoms with Crippen molar-refractivity contribution in [1.29, 1.82) is 0 Å². The number of nitrogens with one attached hydrogen (secondary N) is 1. The van der Waals surface area contributed by atoms with E-state index in [9.17, 15) is 9.59 Å². The number of hydrogen-bond acceptors (Lipinski definition) is 3. The van der Waals surface area contributed by atoms with Crippen molar-refractivity contribution in [3.05, 3.63) is 29.3 Å². The maximum Gasteiger partial charge on any atom is 0.238 e. The van der Waals surface area contributed by atoms with Gasteiger partial charge in [-0.1, -0.05) is 11.6 Å². The van der Waals surface area contributed by atoms with E-state index in [2.05, 4.69) is 5.32 Å². The van der Waals surface area contributed by atoms with E-state index in [0.29, 0.717) is 10.7 Å². The van der Waals surface area contributed by atoms with Gasteiger partial charge in [0.1, 0.15) is 0 Å². The van der Waals surface area contributed by atoms with Crippen LogP contribution in [0.15, 0.2) is 24.3 Å². The van der Waals surface area contributed by atoms with Crippen LogP contribution in [-0.2, 0) is 9.59 Å². The first-order valence-corrected chi connectivity index (χ1v) is 7.94. The van der Waals surface area contributed by atoms with Crippen molar-refractivity contribution in [2.24, 2.45) is 0 Å². The first-order chi connectivity index (χ1) is 10.5. The van der Waals surface area contributed by atoms with E-state index in [4.69, 9.17) is 11.6 Å². The lowest BCUT2D eigenvalue weighted by molar-refractivity contribution is -0.133. The summed E-state index contributed by atoms with van der Waals surface area (Å²) in [5.74, 6) is -0.0437. The Balaban J connectivity index is 1.75. The largest absolute Gasteiger partial charge is 0.342 e. The van der Waals surface area contributed by atoms with Crippen molar-refractivity contribution in [1.82, 2.24) is 9.80 Å². The minimum Gasteiger partial charge on any atom is -0.342 e. The van der Waals surface area contributed by atoms with Crippen molar-refractivity contribution >= 4 is 29.1 Å². The van der Waals surface area contributed by atoms with Gasteiger partial charge in [-0.05, 0) is 50.6 Å². The van der Waals surface area contributed by atoms with Crippen LogP contribution < -0.4 is 5.32 Å². The highest BCUT2D eigenvalue weighted by Gasteiger charge is 2.18. The monoisotopic (exact) mass is 323 g/mol. The molecule has 1 aliphatic heterocycles. The number of likely N-dealkylation sites (N-methyl/N-ethyl adjacent to an activating group) is 1. The highest BCUT2D eigenvalue weighted by Crippen LogP contribution is 2.13. The summed E-state index contributed by atoms with van der Waals surface area (Å²) < 4.78 is 0. The molecular weight excluding hydrogens is 302 g/mol. The average Bonchev–Trinajstić information content (AvgIpc) is 2.50. The van der Waals surface area contributed by atoms with Gasteiger partial charge >= 0.3 is 0 Å². The van der Waals surface area contributed by atoms with E-state index in [0.717, 1.165) is 25.9 Å². The number of hydrogen-bond donors (Lipinski definition) is 1. The number of nitrogens with zero attached hydrogens (tertiary/aromatic N) is 2. The Kier molecular flexibility index (Phi) is 6.21. The van der Waals surface area contributed by atoms with E-state index in [1.807, 2.05) is 4.90 Å². The van der Waals surface area contributed by atoms with E-state index in [1.165, 1.54) is 6.42 Å².